The minimum Gasteiger partial charge on any atom is -0.494 e. The number of rotatable bonds is 26. The first-order valence-electron chi connectivity index (χ1n) is 25.0. The molecule has 24 nitrogen and oxygen atoms in total. The first kappa shape index (κ1) is 60.7. The molecule has 5 rings (SSSR count). The number of thiol groups is 1. The molecule has 1 aromatic carbocycles. The van der Waals surface area contributed by atoms with Crippen molar-refractivity contribution in [2.24, 2.45) is 5.92 Å². The standard InChI is InChI=1S/C48H78N4O20S/c1-5-6-7-8-9-10-11-12-13-17-65-28-16-14-15-27(18-28)19-49-36-40(61)38(59)29(20-53)69-47(36)71-44-31(22-55)70-48(37(42(44)63)52-26(4)58)72-43-30(21-54)67-45(34(41(43)62)50-24(2)56)33-32(23-66-73)68-46(64)35(39(33)60)51-25(3)57/h10-11,14-16,18,29-49,53-55,59-64,73H,5-9,12-13,17,19-23H2,1-4H3,(H,50,56)(H,51,57)(H,52,58)/b11-10-. The van der Waals surface area contributed by atoms with Crippen LogP contribution in [0.15, 0.2) is 36.4 Å². The summed E-state index contributed by atoms with van der Waals surface area (Å²) in [5, 5.41) is 111. The topological polar surface area (TPSA) is 355 Å². The lowest BCUT2D eigenvalue weighted by molar-refractivity contribution is -0.350. The second-order valence-electron chi connectivity index (χ2n) is 18.9. The van der Waals surface area contributed by atoms with E-state index in [0.717, 1.165) is 45.6 Å². The summed E-state index contributed by atoms with van der Waals surface area (Å²) in [6.45, 7) is 3.30. The summed E-state index contributed by atoms with van der Waals surface area (Å²) < 4.78 is 47.6. The van der Waals surface area contributed by atoms with Crippen molar-refractivity contribution in [1.82, 2.24) is 21.3 Å². The van der Waals surface area contributed by atoms with Crippen LogP contribution in [0.5, 0.6) is 5.75 Å². The number of carbonyl (C=O) groups excluding carboxylic acids is 3. The molecule has 4 aliphatic rings. The molecule has 20 atom stereocenters. The van der Waals surface area contributed by atoms with Crippen molar-refractivity contribution in [2.45, 2.75) is 195 Å². The van der Waals surface area contributed by atoms with Crippen molar-refractivity contribution in [3.8, 4) is 5.75 Å². The number of carbonyl (C=O) groups is 3. The Balaban J connectivity index is 1.33. The number of aliphatic hydroxyl groups excluding tert-OH is 9. The van der Waals surface area contributed by atoms with E-state index in [1.54, 1.807) is 12.1 Å². The molecule has 0 bridgehead atoms. The Morgan fingerprint density at radius 3 is 1.84 bits per heavy atom. The van der Waals surface area contributed by atoms with Gasteiger partial charge < -0.3 is 105 Å². The number of allylic oxidation sites excluding steroid dienone is 2. The lowest BCUT2D eigenvalue weighted by Gasteiger charge is -2.53. The summed E-state index contributed by atoms with van der Waals surface area (Å²) in [7, 11) is 0. The molecule has 4 saturated heterocycles. The fourth-order valence-corrected chi connectivity index (χ4v) is 9.94. The van der Waals surface area contributed by atoms with E-state index in [2.05, 4.69) is 53.3 Å². The summed E-state index contributed by atoms with van der Waals surface area (Å²) >= 11 is 3.79. The molecule has 0 aliphatic carbocycles. The average molecular weight is 1060 g/mol. The maximum Gasteiger partial charge on any atom is 0.217 e. The molecule has 1 aromatic rings. The van der Waals surface area contributed by atoms with Gasteiger partial charge in [-0.25, -0.2) is 0 Å². The molecular formula is C48H78N4O20S. The molecule has 0 saturated carbocycles. The van der Waals surface area contributed by atoms with E-state index in [1.807, 2.05) is 12.1 Å². The third kappa shape index (κ3) is 16.4. The molecule has 13 N–H and O–H groups in total. The van der Waals surface area contributed by atoms with Gasteiger partial charge in [0, 0.05) is 33.2 Å². The quantitative estimate of drug-likeness (QED) is 0.0194. The van der Waals surface area contributed by atoms with Gasteiger partial charge in [0.15, 0.2) is 18.9 Å². The van der Waals surface area contributed by atoms with Gasteiger partial charge in [-0.2, -0.15) is 0 Å². The number of hydrogen-bond acceptors (Lipinski definition) is 22. The van der Waals surface area contributed by atoms with E-state index in [1.165, 1.54) is 25.7 Å². The Labute approximate surface area is 430 Å². The molecule has 0 radical (unpaired) electrons. The van der Waals surface area contributed by atoms with Gasteiger partial charge >= 0.3 is 0 Å². The van der Waals surface area contributed by atoms with E-state index in [0.29, 0.717) is 12.4 Å². The first-order chi connectivity index (χ1) is 35.0. The predicted octanol–water partition coefficient (Wildman–Crippen LogP) is -2.69. The number of amides is 3. The number of benzene rings is 1. The molecule has 4 heterocycles. The molecular weight excluding hydrogens is 985 g/mol. The van der Waals surface area contributed by atoms with E-state index in [-0.39, 0.29) is 13.2 Å². The number of unbranched alkanes of at least 4 members (excludes halogenated alkanes) is 5. The third-order valence-electron chi connectivity index (χ3n) is 13.4. The molecule has 0 spiro atoms. The highest BCUT2D eigenvalue weighted by Crippen LogP contribution is 2.38. The van der Waals surface area contributed by atoms with Crippen LogP contribution >= 0.6 is 12.9 Å². The molecule has 4 fully saturated rings. The van der Waals surface area contributed by atoms with Crippen LogP contribution in [0.4, 0.5) is 0 Å². The van der Waals surface area contributed by atoms with Crippen LogP contribution in [0.3, 0.4) is 0 Å². The second-order valence-corrected chi connectivity index (χ2v) is 19.2. The zero-order chi connectivity index (χ0) is 53.4. The first-order valence-corrected chi connectivity index (χ1v) is 25.4. The van der Waals surface area contributed by atoms with Gasteiger partial charge in [0.05, 0.1) is 63.4 Å². The monoisotopic (exact) mass is 1060 g/mol. The summed E-state index contributed by atoms with van der Waals surface area (Å²) in [6.07, 6.45) is -12.0. The normalized spacial score (nSPS) is 36.9. The van der Waals surface area contributed by atoms with Gasteiger partial charge in [-0.1, -0.05) is 50.5 Å². The zero-order valence-corrected chi connectivity index (χ0v) is 42.6. The Hall–Kier alpha value is -3.16. The van der Waals surface area contributed by atoms with Gasteiger partial charge in [0.2, 0.25) is 17.7 Å². The van der Waals surface area contributed by atoms with E-state index >= 15 is 0 Å². The Bertz CT molecular complexity index is 1880. The van der Waals surface area contributed by atoms with Crippen LogP contribution in [-0.4, -0.2) is 213 Å². The van der Waals surface area contributed by atoms with Gasteiger partial charge in [0.1, 0.15) is 72.8 Å². The van der Waals surface area contributed by atoms with Crippen LogP contribution in [0.25, 0.3) is 0 Å². The van der Waals surface area contributed by atoms with E-state index < -0.39 is 160 Å². The lowest BCUT2D eigenvalue weighted by Crippen LogP contribution is -2.73. The maximum atomic E-state index is 12.7. The molecule has 20 unspecified atom stereocenters. The zero-order valence-electron chi connectivity index (χ0n) is 41.7. The highest BCUT2D eigenvalue weighted by molar-refractivity contribution is 7.75. The highest BCUT2D eigenvalue weighted by Gasteiger charge is 2.58. The minimum absolute atomic E-state index is 0.0867. The van der Waals surface area contributed by atoms with Crippen LogP contribution in [0.2, 0.25) is 0 Å². The summed E-state index contributed by atoms with van der Waals surface area (Å²) in [5.41, 5.74) is 0.721. The minimum atomic E-state index is -1.84. The average Bonchev–Trinajstić information content (AvgIpc) is 3.35. The Kier molecular flexibility index (Phi) is 24.9. The van der Waals surface area contributed by atoms with Gasteiger partial charge in [-0.15, -0.1) is 0 Å². The number of aliphatic hydroxyl groups is 9. The van der Waals surface area contributed by atoms with Crippen molar-refractivity contribution < 1.29 is 97.7 Å². The van der Waals surface area contributed by atoms with Gasteiger partial charge in [-0.05, 0) is 56.3 Å². The molecule has 4 aliphatic heterocycles. The lowest BCUT2D eigenvalue weighted by atomic mass is 9.77. The highest BCUT2D eigenvalue weighted by atomic mass is 32.1. The van der Waals surface area contributed by atoms with Crippen molar-refractivity contribution in [1.29, 1.82) is 0 Å². The molecule has 73 heavy (non-hydrogen) atoms. The number of hydrogen-bond donors (Lipinski definition) is 14. The van der Waals surface area contributed by atoms with Crippen molar-refractivity contribution in [3.05, 3.63) is 42.0 Å². The Morgan fingerprint density at radius 1 is 0.644 bits per heavy atom. The SMILES string of the molecule is CCCCCC/C=C\CCCOc1cccc(CNC2C(OC3C(CO)OC(OC4C(CO)OC(C5C(COS)OC(O)C(NC(C)=O)C5O)C(NC(C)=O)C4O)C(NC(C)=O)C3O)OC(CO)C(O)C2O)c1. The second kappa shape index (κ2) is 30.0. The van der Waals surface area contributed by atoms with Crippen molar-refractivity contribution in [3.63, 3.8) is 0 Å². The van der Waals surface area contributed by atoms with Crippen molar-refractivity contribution in [2.75, 3.05) is 33.0 Å². The largest absolute Gasteiger partial charge is 0.494 e. The maximum absolute atomic E-state index is 12.7. The van der Waals surface area contributed by atoms with Gasteiger partial charge in [-0.3, -0.25) is 14.4 Å². The van der Waals surface area contributed by atoms with Crippen LogP contribution < -0.4 is 26.0 Å². The van der Waals surface area contributed by atoms with Crippen LogP contribution in [-0.2, 0) is 53.5 Å². The summed E-state index contributed by atoms with van der Waals surface area (Å²) in [4.78, 5) is 37.5. The molecule has 25 heteroatoms. The number of ether oxygens (including phenoxy) is 7. The fraction of sp³-hybridized carbons (Fsp3) is 0.771. The smallest absolute Gasteiger partial charge is 0.217 e. The van der Waals surface area contributed by atoms with E-state index in [4.69, 9.17) is 37.3 Å². The molecule has 416 valence electrons. The Morgan fingerprint density at radius 2 is 1.22 bits per heavy atom. The summed E-state index contributed by atoms with van der Waals surface area (Å²) in [6, 6.07) is 1.49. The fourth-order valence-electron chi connectivity index (χ4n) is 9.80. The van der Waals surface area contributed by atoms with Gasteiger partial charge in [0.25, 0.3) is 0 Å². The van der Waals surface area contributed by atoms with E-state index in [9.17, 15) is 60.3 Å². The van der Waals surface area contributed by atoms with Crippen LogP contribution in [0, 0.1) is 5.92 Å². The third-order valence-corrected chi connectivity index (χ3v) is 13.6. The van der Waals surface area contributed by atoms with Crippen LogP contribution in [0.1, 0.15) is 78.2 Å². The number of nitrogens with one attached hydrogen (secondary N) is 4. The summed E-state index contributed by atoms with van der Waals surface area (Å²) in [5.74, 6) is -2.72. The predicted molar refractivity (Wildman–Crippen MR) is 259 cm³/mol. The molecule has 0 aromatic heterocycles. The van der Waals surface area contributed by atoms with Crippen molar-refractivity contribution >= 4 is 30.6 Å². The molecule has 3 amide bonds.